The second kappa shape index (κ2) is 8.72. The zero-order valence-electron chi connectivity index (χ0n) is 9.24. The van der Waals surface area contributed by atoms with Crippen molar-refractivity contribution in [3.05, 3.63) is 0 Å². The minimum atomic E-state index is -3.94. The molecule has 0 amide bonds. The summed E-state index contributed by atoms with van der Waals surface area (Å²) in [7, 11) is 1.58. The van der Waals surface area contributed by atoms with Crippen molar-refractivity contribution < 1.29 is 22.3 Å². The summed E-state index contributed by atoms with van der Waals surface area (Å²) < 4.78 is 53.0. The summed E-state index contributed by atoms with van der Waals surface area (Å²) in [4.78, 5) is 0. The van der Waals surface area contributed by atoms with Gasteiger partial charge in [-0.05, 0) is 19.5 Å². The molecule has 0 spiro atoms. The molecule has 0 aromatic carbocycles. The third-order valence-electron chi connectivity index (χ3n) is 1.87. The van der Waals surface area contributed by atoms with E-state index < -0.39 is 18.9 Å². The highest BCUT2D eigenvalue weighted by Gasteiger charge is 2.39. The molecule has 0 radical (unpaired) electrons. The van der Waals surface area contributed by atoms with E-state index in [9.17, 15) is 17.6 Å². The summed E-state index contributed by atoms with van der Waals surface area (Å²) in [5, 5.41) is 5.30. The summed E-state index contributed by atoms with van der Waals surface area (Å²) in [6, 6.07) is 0. The van der Waals surface area contributed by atoms with Crippen LogP contribution in [0.15, 0.2) is 0 Å². The van der Waals surface area contributed by atoms with Crippen LogP contribution in [0.5, 0.6) is 0 Å². The van der Waals surface area contributed by atoms with Crippen LogP contribution in [0.25, 0.3) is 0 Å². The lowest BCUT2D eigenvalue weighted by Gasteiger charge is -2.15. The van der Waals surface area contributed by atoms with Crippen molar-refractivity contribution in [3.63, 3.8) is 0 Å². The van der Waals surface area contributed by atoms with Crippen LogP contribution in [0.4, 0.5) is 17.6 Å². The average molecular weight is 246 g/mol. The lowest BCUT2D eigenvalue weighted by atomic mass is 10.3. The maximum absolute atomic E-state index is 12.4. The van der Waals surface area contributed by atoms with Crippen LogP contribution >= 0.6 is 0 Å². The number of methoxy groups -OCH3 is 1. The van der Waals surface area contributed by atoms with Crippen molar-refractivity contribution in [2.45, 2.75) is 18.8 Å². The van der Waals surface area contributed by atoms with Crippen molar-refractivity contribution in [2.24, 2.45) is 0 Å². The first kappa shape index (κ1) is 15.6. The van der Waals surface area contributed by atoms with Crippen molar-refractivity contribution >= 4 is 0 Å². The first-order chi connectivity index (χ1) is 7.50. The molecular weight excluding hydrogens is 228 g/mol. The molecule has 2 N–H and O–H groups in total. The van der Waals surface area contributed by atoms with Crippen LogP contribution in [-0.4, -0.2) is 52.2 Å². The van der Waals surface area contributed by atoms with E-state index in [1.807, 2.05) is 0 Å². The van der Waals surface area contributed by atoms with Crippen LogP contribution in [-0.2, 0) is 4.74 Å². The number of hydrogen-bond acceptors (Lipinski definition) is 3. The fourth-order valence-electron chi connectivity index (χ4n) is 0.970. The first-order valence-corrected chi connectivity index (χ1v) is 5.07. The largest absolute Gasteiger partial charge is 0.383 e. The molecular formula is C9H18F4N2O. The predicted octanol–water partition coefficient (Wildman–Crippen LogP) is 1.10. The lowest BCUT2D eigenvalue weighted by molar-refractivity contribution is -0.125. The number of hydrogen-bond donors (Lipinski definition) is 2. The molecule has 0 aliphatic rings. The van der Waals surface area contributed by atoms with E-state index in [1.165, 1.54) is 0 Å². The fourth-order valence-corrected chi connectivity index (χ4v) is 0.970. The Morgan fingerprint density at radius 1 is 1.12 bits per heavy atom. The van der Waals surface area contributed by atoms with Gasteiger partial charge >= 0.3 is 12.3 Å². The molecule has 0 aromatic rings. The van der Waals surface area contributed by atoms with Gasteiger partial charge in [-0.15, -0.1) is 0 Å². The van der Waals surface area contributed by atoms with E-state index in [2.05, 4.69) is 10.6 Å². The predicted molar refractivity (Wildman–Crippen MR) is 53.2 cm³/mol. The standard InChI is InChI=1S/C9H18F4N2O/c1-16-6-5-14-3-2-4-15-7-9(12,13)8(10)11/h8,14-15H,2-7H2,1H3. The van der Waals surface area contributed by atoms with Crippen molar-refractivity contribution in [1.29, 1.82) is 0 Å². The maximum Gasteiger partial charge on any atom is 0.319 e. The van der Waals surface area contributed by atoms with Gasteiger partial charge in [0.1, 0.15) is 0 Å². The van der Waals surface area contributed by atoms with Gasteiger partial charge in [-0.3, -0.25) is 0 Å². The highest BCUT2D eigenvalue weighted by molar-refractivity contribution is 4.71. The minimum absolute atomic E-state index is 0.280. The Balaban J connectivity index is 3.27. The second-order valence-electron chi connectivity index (χ2n) is 3.33. The summed E-state index contributed by atoms with van der Waals surface area (Å²) in [6.45, 7) is 1.20. The molecule has 0 aliphatic carbocycles. The van der Waals surface area contributed by atoms with Gasteiger partial charge in [0.25, 0.3) is 0 Å². The smallest absolute Gasteiger partial charge is 0.319 e. The fraction of sp³-hybridized carbons (Fsp3) is 1.00. The molecule has 0 rings (SSSR count). The molecule has 0 fully saturated rings. The molecule has 3 nitrogen and oxygen atoms in total. The highest BCUT2D eigenvalue weighted by atomic mass is 19.3. The van der Waals surface area contributed by atoms with Gasteiger partial charge in [-0.1, -0.05) is 0 Å². The Morgan fingerprint density at radius 2 is 1.75 bits per heavy atom. The van der Waals surface area contributed by atoms with Gasteiger partial charge < -0.3 is 15.4 Å². The molecule has 0 aromatic heterocycles. The van der Waals surface area contributed by atoms with Gasteiger partial charge in [0, 0.05) is 13.7 Å². The van der Waals surface area contributed by atoms with Gasteiger partial charge in [0.05, 0.1) is 13.2 Å². The summed E-state index contributed by atoms with van der Waals surface area (Å²) in [6.07, 6.45) is -3.01. The molecule has 0 saturated carbocycles. The van der Waals surface area contributed by atoms with Crippen LogP contribution in [0.3, 0.4) is 0 Å². The zero-order valence-corrected chi connectivity index (χ0v) is 9.24. The third-order valence-corrected chi connectivity index (χ3v) is 1.87. The molecule has 7 heteroatoms. The average Bonchev–Trinajstić information content (AvgIpc) is 2.21. The lowest BCUT2D eigenvalue weighted by Crippen LogP contribution is -2.39. The molecule has 0 unspecified atom stereocenters. The SMILES string of the molecule is COCCNCCCNCC(F)(F)C(F)F. The highest BCUT2D eigenvalue weighted by Crippen LogP contribution is 2.21. The van der Waals surface area contributed by atoms with E-state index in [1.54, 1.807) is 7.11 Å². The van der Waals surface area contributed by atoms with Crippen LogP contribution in [0, 0.1) is 0 Å². The Morgan fingerprint density at radius 3 is 2.31 bits per heavy atom. The molecule has 16 heavy (non-hydrogen) atoms. The second-order valence-corrected chi connectivity index (χ2v) is 3.33. The number of ether oxygens (including phenoxy) is 1. The monoisotopic (exact) mass is 246 g/mol. The zero-order chi connectivity index (χ0) is 12.4. The number of halogens is 4. The molecule has 0 aliphatic heterocycles. The number of alkyl halides is 4. The number of rotatable bonds is 10. The van der Waals surface area contributed by atoms with E-state index in [-0.39, 0.29) is 6.54 Å². The van der Waals surface area contributed by atoms with Gasteiger partial charge in [-0.25, -0.2) is 8.78 Å². The van der Waals surface area contributed by atoms with E-state index in [0.717, 1.165) is 0 Å². The Bertz CT molecular complexity index is 170. The summed E-state index contributed by atoms with van der Waals surface area (Å²) >= 11 is 0. The van der Waals surface area contributed by atoms with Crippen molar-refractivity contribution in [1.82, 2.24) is 10.6 Å². The normalized spacial score (nSPS) is 12.4. The Hall–Kier alpha value is -0.400. The Labute approximate surface area is 92.5 Å². The first-order valence-electron chi connectivity index (χ1n) is 5.07. The van der Waals surface area contributed by atoms with Crippen LogP contribution in [0.2, 0.25) is 0 Å². The molecule has 0 atom stereocenters. The molecule has 98 valence electrons. The third kappa shape index (κ3) is 7.84. The summed E-state index contributed by atoms with van der Waals surface area (Å²) in [5.74, 6) is -3.94. The topological polar surface area (TPSA) is 33.3 Å². The quantitative estimate of drug-likeness (QED) is 0.447. The van der Waals surface area contributed by atoms with E-state index in [4.69, 9.17) is 4.74 Å². The van der Waals surface area contributed by atoms with Gasteiger partial charge in [0.2, 0.25) is 0 Å². The van der Waals surface area contributed by atoms with E-state index >= 15 is 0 Å². The van der Waals surface area contributed by atoms with Crippen LogP contribution in [0.1, 0.15) is 6.42 Å². The summed E-state index contributed by atoms with van der Waals surface area (Å²) in [5.41, 5.74) is 0. The van der Waals surface area contributed by atoms with Crippen molar-refractivity contribution in [2.75, 3.05) is 39.9 Å². The Kier molecular flexibility index (Phi) is 8.50. The number of nitrogens with one attached hydrogen (secondary N) is 2. The molecule has 0 heterocycles. The van der Waals surface area contributed by atoms with Crippen LogP contribution < -0.4 is 10.6 Å². The minimum Gasteiger partial charge on any atom is -0.383 e. The maximum atomic E-state index is 12.4. The molecule has 0 bridgehead atoms. The van der Waals surface area contributed by atoms with Gasteiger partial charge in [-0.2, -0.15) is 8.78 Å². The van der Waals surface area contributed by atoms with E-state index in [0.29, 0.717) is 26.1 Å². The van der Waals surface area contributed by atoms with Crippen molar-refractivity contribution in [3.8, 4) is 0 Å². The molecule has 0 saturated heterocycles. The van der Waals surface area contributed by atoms with Gasteiger partial charge in [0.15, 0.2) is 0 Å².